The molecule has 3 rings (SSSR count). The van der Waals surface area contributed by atoms with Crippen LogP contribution in [0.15, 0.2) is 84.2 Å². The van der Waals surface area contributed by atoms with Crippen LogP contribution in [0.3, 0.4) is 0 Å². The number of nitrogens with zero attached hydrogens (tertiary/aromatic N) is 2. The Hall–Kier alpha value is -2.90. The van der Waals surface area contributed by atoms with Crippen molar-refractivity contribution in [2.24, 2.45) is 5.10 Å². The van der Waals surface area contributed by atoms with E-state index in [2.05, 4.69) is 17.4 Å². The van der Waals surface area contributed by atoms with Gasteiger partial charge in [0.15, 0.2) is 0 Å². The zero-order chi connectivity index (χ0) is 15.6. The molecule has 1 amide bonds. The molecule has 2 aromatic carbocycles. The summed E-state index contributed by atoms with van der Waals surface area (Å²) in [6, 6.07) is 19.4. The molecule has 0 bridgehead atoms. The van der Waals surface area contributed by atoms with Crippen molar-refractivity contribution in [3.05, 3.63) is 90.2 Å². The van der Waals surface area contributed by atoms with Crippen molar-refractivity contribution >= 4 is 11.6 Å². The molecule has 1 aliphatic heterocycles. The smallest absolute Gasteiger partial charge is 0.263 e. The van der Waals surface area contributed by atoms with E-state index in [-0.39, 0.29) is 5.91 Å². The van der Waals surface area contributed by atoms with E-state index in [0.29, 0.717) is 5.71 Å². The highest BCUT2D eigenvalue weighted by molar-refractivity contribution is 6.25. The topological polar surface area (TPSA) is 32.7 Å². The lowest BCUT2D eigenvalue weighted by Gasteiger charge is -2.25. The van der Waals surface area contributed by atoms with Crippen LogP contribution in [-0.2, 0) is 10.2 Å². The van der Waals surface area contributed by atoms with Crippen LogP contribution in [0.5, 0.6) is 0 Å². The summed E-state index contributed by atoms with van der Waals surface area (Å²) in [7, 11) is 1.67. The molecule has 0 spiro atoms. The molecule has 0 saturated heterocycles. The number of carbonyl (C=O) groups excluding carboxylic acids is 1. The van der Waals surface area contributed by atoms with Crippen LogP contribution >= 0.6 is 0 Å². The molecule has 1 aliphatic rings. The number of carbonyl (C=O) groups is 1. The monoisotopic (exact) mass is 288 g/mol. The Morgan fingerprint density at radius 1 is 1.09 bits per heavy atom. The first-order valence-corrected chi connectivity index (χ1v) is 7.05. The molecule has 3 heteroatoms. The highest BCUT2D eigenvalue weighted by atomic mass is 16.2. The second kappa shape index (κ2) is 5.47. The van der Waals surface area contributed by atoms with Gasteiger partial charge in [0.05, 0.1) is 5.71 Å². The fourth-order valence-electron chi connectivity index (χ4n) is 2.84. The average Bonchev–Trinajstić information content (AvgIpc) is 2.83. The molecule has 0 saturated carbocycles. The predicted octanol–water partition coefficient (Wildman–Crippen LogP) is 3.14. The molecule has 2 aromatic rings. The number of rotatable bonds is 3. The SMILES string of the molecule is C=C=CC1(c2ccccc2)C(=O)N(C)N=C1c1ccccc1. The Kier molecular flexibility index (Phi) is 3.50. The Balaban J connectivity index is 2.29. The number of hydrogen-bond acceptors (Lipinski definition) is 2. The van der Waals surface area contributed by atoms with Crippen LogP contribution in [0.2, 0.25) is 0 Å². The number of likely N-dealkylation sites (N-methyl/N-ethyl adjacent to an activating group) is 1. The van der Waals surface area contributed by atoms with E-state index in [9.17, 15) is 4.79 Å². The van der Waals surface area contributed by atoms with Gasteiger partial charge in [0.25, 0.3) is 5.91 Å². The van der Waals surface area contributed by atoms with Crippen molar-refractivity contribution in [3.8, 4) is 0 Å². The molecule has 1 heterocycles. The van der Waals surface area contributed by atoms with Crippen LogP contribution in [-0.4, -0.2) is 23.7 Å². The molecule has 1 atom stereocenters. The lowest BCUT2D eigenvalue weighted by atomic mass is 9.73. The van der Waals surface area contributed by atoms with Crippen molar-refractivity contribution in [1.82, 2.24) is 5.01 Å². The summed E-state index contributed by atoms with van der Waals surface area (Å²) in [5.74, 6) is -0.103. The van der Waals surface area contributed by atoms with Crippen LogP contribution < -0.4 is 0 Å². The van der Waals surface area contributed by atoms with Crippen molar-refractivity contribution < 1.29 is 4.79 Å². The van der Waals surface area contributed by atoms with Gasteiger partial charge in [-0.1, -0.05) is 67.2 Å². The summed E-state index contributed by atoms with van der Waals surface area (Å²) in [6.07, 6.45) is 1.71. The Labute approximate surface area is 129 Å². The third-order valence-corrected chi connectivity index (χ3v) is 3.85. The van der Waals surface area contributed by atoms with Gasteiger partial charge in [-0.3, -0.25) is 4.79 Å². The van der Waals surface area contributed by atoms with Gasteiger partial charge >= 0.3 is 0 Å². The second-order valence-corrected chi connectivity index (χ2v) is 5.17. The average molecular weight is 288 g/mol. The van der Waals surface area contributed by atoms with Crippen molar-refractivity contribution in [1.29, 1.82) is 0 Å². The van der Waals surface area contributed by atoms with Gasteiger partial charge in [0, 0.05) is 7.05 Å². The van der Waals surface area contributed by atoms with Crippen molar-refractivity contribution in [3.63, 3.8) is 0 Å². The summed E-state index contributed by atoms with van der Waals surface area (Å²) >= 11 is 0. The minimum absolute atomic E-state index is 0.103. The summed E-state index contributed by atoms with van der Waals surface area (Å²) in [5, 5.41) is 5.88. The maximum Gasteiger partial charge on any atom is 0.263 e. The molecule has 0 N–H and O–H groups in total. The summed E-state index contributed by atoms with van der Waals surface area (Å²) in [5.41, 5.74) is 4.30. The normalized spacial score (nSPS) is 20.5. The lowest BCUT2D eigenvalue weighted by molar-refractivity contribution is -0.130. The number of benzene rings is 2. The van der Waals surface area contributed by atoms with E-state index in [1.807, 2.05) is 60.7 Å². The summed E-state index contributed by atoms with van der Waals surface area (Å²) < 4.78 is 0. The van der Waals surface area contributed by atoms with E-state index < -0.39 is 5.41 Å². The van der Waals surface area contributed by atoms with Crippen molar-refractivity contribution in [2.75, 3.05) is 7.05 Å². The first-order valence-electron chi connectivity index (χ1n) is 7.05. The zero-order valence-corrected chi connectivity index (χ0v) is 12.4. The van der Waals surface area contributed by atoms with Crippen LogP contribution in [0.4, 0.5) is 0 Å². The minimum Gasteiger partial charge on any atom is -0.271 e. The van der Waals surface area contributed by atoms with E-state index in [0.717, 1.165) is 11.1 Å². The highest BCUT2D eigenvalue weighted by Gasteiger charge is 2.50. The fraction of sp³-hybridized carbons (Fsp3) is 0.105. The van der Waals surface area contributed by atoms with Crippen LogP contribution in [0, 0.1) is 0 Å². The third kappa shape index (κ3) is 2.00. The van der Waals surface area contributed by atoms with Gasteiger partial charge in [-0.15, -0.1) is 5.73 Å². The molecule has 0 fully saturated rings. The van der Waals surface area contributed by atoms with E-state index >= 15 is 0 Å². The van der Waals surface area contributed by atoms with Gasteiger partial charge in [0.2, 0.25) is 0 Å². The summed E-state index contributed by atoms with van der Waals surface area (Å²) in [6.45, 7) is 3.68. The van der Waals surface area contributed by atoms with Crippen molar-refractivity contribution in [2.45, 2.75) is 5.41 Å². The maximum atomic E-state index is 12.9. The van der Waals surface area contributed by atoms with Gasteiger partial charge in [-0.2, -0.15) is 5.10 Å². The van der Waals surface area contributed by atoms with E-state index in [4.69, 9.17) is 0 Å². The molecule has 3 nitrogen and oxygen atoms in total. The van der Waals surface area contributed by atoms with E-state index in [1.165, 1.54) is 5.01 Å². The minimum atomic E-state index is -0.973. The first kappa shape index (κ1) is 14.1. The van der Waals surface area contributed by atoms with Gasteiger partial charge in [0.1, 0.15) is 5.41 Å². The molecule has 0 aromatic heterocycles. The standard InChI is InChI=1S/C19H16N2O/c1-3-14-19(16-12-8-5-9-13-16)17(20-21(2)18(19)22)15-10-6-4-7-11-15/h4-14H,1H2,2H3. The van der Waals surface area contributed by atoms with E-state index in [1.54, 1.807) is 13.1 Å². The maximum absolute atomic E-state index is 12.9. The van der Waals surface area contributed by atoms with Crippen LogP contribution in [0.1, 0.15) is 11.1 Å². The Bertz CT molecular complexity index is 774. The molecular weight excluding hydrogens is 272 g/mol. The molecule has 0 aliphatic carbocycles. The quantitative estimate of drug-likeness (QED) is 0.799. The van der Waals surface area contributed by atoms with Crippen LogP contribution in [0.25, 0.3) is 0 Å². The Morgan fingerprint density at radius 3 is 2.27 bits per heavy atom. The van der Waals surface area contributed by atoms with Gasteiger partial charge in [-0.25, -0.2) is 5.01 Å². The number of hydrogen-bond donors (Lipinski definition) is 0. The largest absolute Gasteiger partial charge is 0.271 e. The summed E-state index contributed by atoms with van der Waals surface area (Å²) in [4.78, 5) is 12.9. The molecule has 22 heavy (non-hydrogen) atoms. The highest BCUT2D eigenvalue weighted by Crippen LogP contribution is 2.37. The molecule has 0 radical (unpaired) electrons. The Morgan fingerprint density at radius 2 is 1.68 bits per heavy atom. The number of hydrazone groups is 1. The molecule has 108 valence electrons. The third-order valence-electron chi connectivity index (χ3n) is 3.85. The molecule has 1 unspecified atom stereocenters. The zero-order valence-electron chi connectivity index (χ0n) is 12.4. The van der Waals surface area contributed by atoms with Gasteiger partial charge in [-0.05, 0) is 17.2 Å². The number of amides is 1. The predicted molar refractivity (Wildman–Crippen MR) is 87.6 cm³/mol. The first-order chi connectivity index (χ1) is 10.7. The lowest BCUT2D eigenvalue weighted by Crippen LogP contribution is -2.41. The van der Waals surface area contributed by atoms with Gasteiger partial charge < -0.3 is 0 Å². The fourth-order valence-corrected chi connectivity index (χ4v) is 2.84. The second-order valence-electron chi connectivity index (χ2n) is 5.17. The molecular formula is C19H16N2O.